The van der Waals surface area contributed by atoms with Crippen LogP contribution in [0, 0.1) is 5.92 Å². The number of carbonyl (C=O) groups is 1. The summed E-state index contributed by atoms with van der Waals surface area (Å²) in [5.41, 5.74) is 0.115. The predicted molar refractivity (Wildman–Crippen MR) is 45.9 cm³/mol. The third kappa shape index (κ3) is 1.40. The van der Waals surface area contributed by atoms with Gasteiger partial charge in [-0.15, -0.1) is 0 Å². The van der Waals surface area contributed by atoms with Crippen LogP contribution in [0.2, 0.25) is 0 Å². The zero-order valence-electron chi connectivity index (χ0n) is 7.42. The van der Waals surface area contributed by atoms with Crippen molar-refractivity contribution in [1.29, 1.82) is 0 Å². The van der Waals surface area contributed by atoms with Crippen molar-refractivity contribution in [3.05, 3.63) is 0 Å². The molecule has 2 aliphatic rings. The predicted octanol–water partition coefficient (Wildman–Crippen LogP) is 1.92. The van der Waals surface area contributed by atoms with Gasteiger partial charge in [-0.2, -0.15) is 0 Å². The second kappa shape index (κ2) is 3.17. The lowest BCUT2D eigenvalue weighted by atomic mass is 9.81. The van der Waals surface area contributed by atoms with Crippen LogP contribution in [-0.4, -0.2) is 18.5 Å². The lowest BCUT2D eigenvalue weighted by Crippen LogP contribution is -2.30. The molecule has 0 N–H and O–H groups in total. The Kier molecular flexibility index (Phi) is 2.18. The molecule has 12 heavy (non-hydrogen) atoms. The van der Waals surface area contributed by atoms with Gasteiger partial charge in [-0.05, 0) is 19.3 Å². The second-order valence-electron chi connectivity index (χ2n) is 4.15. The van der Waals surface area contributed by atoms with E-state index in [-0.39, 0.29) is 11.5 Å². The van der Waals surface area contributed by atoms with Gasteiger partial charge in [0, 0.05) is 5.92 Å². The van der Waals surface area contributed by atoms with Gasteiger partial charge >= 0.3 is 0 Å². The summed E-state index contributed by atoms with van der Waals surface area (Å²) >= 11 is 0. The highest BCUT2D eigenvalue weighted by Crippen LogP contribution is 2.40. The summed E-state index contributed by atoms with van der Waals surface area (Å²) in [6.07, 6.45) is 8.31. The molecule has 1 heterocycles. The van der Waals surface area contributed by atoms with Crippen molar-refractivity contribution in [2.45, 2.75) is 44.1 Å². The fourth-order valence-corrected chi connectivity index (χ4v) is 2.51. The van der Waals surface area contributed by atoms with Gasteiger partial charge in [0.25, 0.3) is 0 Å². The van der Waals surface area contributed by atoms with Gasteiger partial charge in [0.05, 0.1) is 12.2 Å². The van der Waals surface area contributed by atoms with Crippen LogP contribution in [-0.2, 0) is 9.53 Å². The normalized spacial score (nSPS) is 33.8. The van der Waals surface area contributed by atoms with Crippen LogP contribution < -0.4 is 0 Å². The van der Waals surface area contributed by atoms with E-state index < -0.39 is 0 Å². The number of aldehydes is 1. The molecule has 0 aromatic rings. The van der Waals surface area contributed by atoms with E-state index in [1.165, 1.54) is 32.1 Å². The van der Waals surface area contributed by atoms with E-state index in [1.807, 2.05) is 0 Å². The molecule has 1 aliphatic heterocycles. The Labute approximate surface area is 73.3 Å². The summed E-state index contributed by atoms with van der Waals surface area (Å²) in [6, 6.07) is 0. The summed E-state index contributed by atoms with van der Waals surface area (Å²) < 4.78 is 5.75. The fraction of sp³-hybridized carbons (Fsp3) is 0.900. The van der Waals surface area contributed by atoms with Crippen molar-refractivity contribution in [2.75, 3.05) is 6.61 Å². The lowest BCUT2D eigenvalue weighted by Gasteiger charge is -2.32. The first kappa shape index (κ1) is 8.24. The Morgan fingerprint density at radius 1 is 1.25 bits per heavy atom. The van der Waals surface area contributed by atoms with Crippen molar-refractivity contribution < 1.29 is 9.53 Å². The summed E-state index contributed by atoms with van der Waals surface area (Å²) in [7, 11) is 0. The van der Waals surface area contributed by atoms with E-state index in [2.05, 4.69) is 0 Å². The van der Waals surface area contributed by atoms with Crippen LogP contribution >= 0.6 is 0 Å². The molecule has 0 bridgehead atoms. The fourth-order valence-electron chi connectivity index (χ4n) is 2.51. The molecule has 2 nitrogen and oxygen atoms in total. The second-order valence-corrected chi connectivity index (χ2v) is 4.15. The Bertz CT molecular complexity index is 171. The van der Waals surface area contributed by atoms with E-state index >= 15 is 0 Å². The largest absolute Gasteiger partial charge is 0.374 e. The zero-order chi connectivity index (χ0) is 8.44. The molecule has 0 aromatic heterocycles. The molecule has 1 unspecified atom stereocenters. The standard InChI is InChI=1S/C10H16O2/c11-7-9-6-10(12-8-9)4-2-1-3-5-10/h7,9H,1-6,8H2. The van der Waals surface area contributed by atoms with Crippen molar-refractivity contribution in [3.63, 3.8) is 0 Å². The summed E-state index contributed by atoms with van der Waals surface area (Å²) in [5.74, 6) is 0.183. The highest BCUT2D eigenvalue weighted by atomic mass is 16.5. The summed E-state index contributed by atoms with van der Waals surface area (Å²) in [6.45, 7) is 0.670. The number of carbonyl (C=O) groups excluding carboxylic acids is 1. The van der Waals surface area contributed by atoms with Crippen LogP contribution in [0.25, 0.3) is 0 Å². The van der Waals surface area contributed by atoms with Crippen molar-refractivity contribution in [1.82, 2.24) is 0 Å². The Hall–Kier alpha value is -0.370. The van der Waals surface area contributed by atoms with Crippen LogP contribution in [0.15, 0.2) is 0 Å². The smallest absolute Gasteiger partial charge is 0.125 e. The number of hydrogen-bond acceptors (Lipinski definition) is 2. The Morgan fingerprint density at radius 2 is 2.00 bits per heavy atom. The highest BCUT2D eigenvalue weighted by molar-refractivity contribution is 5.54. The third-order valence-electron chi connectivity index (χ3n) is 3.20. The molecule has 2 fully saturated rings. The molecule has 0 radical (unpaired) electrons. The molecule has 68 valence electrons. The minimum atomic E-state index is 0.115. The van der Waals surface area contributed by atoms with Gasteiger partial charge in [0.2, 0.25) is 0 Å². The average molecular weight is 168 g/mol. The monoisotopic (exact) mass is 168 g/mol. The first-order valence-electron chi connectivity index (χ1n) is 4.94. The number of hydrogen-bond donors (Lipinski definition) is 0. The topological polar surface area (TPSA) is 26.3 Å². The zero-order valence-corrected chi connectivity index (χ0v) is 7.42. The lowest BCUT2D eigenvalue weighted by molar-refractivity contribution is -0.111. The average Bonchev–Trinajstić information content (AvgIpc) is 2.50. The van der Waals surface area contributed by atoms with E-state index in [1.54, 1.807) is 0 Å². The van der Waals surface area contributed by atoms with Gasteiger partial charge in [-0.3, -0.25) is 0 Å². The van der Waals surface area contributed by atoms with Crippen LogP contribution in [0.5, 0.6) is 0 Å². The first-order valence-corrected chi connectivity index (χ1v) is 4.94. The molecular weight excluding hydrogens is 152 g/mol. The molecule has 0 aromatic carbocycles. The van der Waals surface area contributed by atoms with E-state index in [0.29, 0.717) is 6.61 Å². The molecular formula is C10H16O2. The van der Waals surface area contributed by atoms with Gasteiger partial charge in [0.1, 0.15) is 6.29 Å². The van der Waals surface area contributed by atoms with Crippen molar-refractivity contribution >= 4 is 6.29 Å². The SMILES string of the molecule is O=CC1COC2(CCCCC2)C1. The first-order chi connectivity index (χ1) is 5.85. The van der Waals surface area contributed by atoms with Crippen LogP contribution in [0.4, 0.5) is 0 Å². The van der Waals surface area contributed by atoms with Crippen LogP contribution in [0.1, 0.15) is 38.5 Å². The van der Waals surface area contributed by atoms with Gasteiger partial charge < -0.3 is 9.53 Å². The maximum Gasteiger partial charge on any atom is 0.125 e. The maximum atomic E-state index is 10.6. The quantitative estimate of drug-likeness (QED) is 0.559. The highest BCUT2D eigenvalue weighted by Gasteiger charge is 2.40. The summed E-state index contributed by atoms with van der Waals surface area (Å²) in [4.78, 5) is 10.6. The van der Waals surface area contributed by atoms with E-state index in [9.17, 15) is 4.79 Å². The Balaban J connectivity index is 1.98. The molecule has 1 aliphatic carbocycles. The molecule has 2 rings (SSSR count). The van der Waals surface area contributed by atoms with Crippen LogP contribution in [0.3, 0.4) is 0 Å². The molecule has 1 atom stereocenters. The molecule has 1 saturated heterocycles. The minimum Gasteiger partial charge on any atom is -0.374 e. The number of rotatable bonds is 1. The van der Waals surface area contributed by atoms with Gasteiger partial charge in [0.15, 0.2) is 0 Å². The Morgan fingerprint density at radius 3 is 2.58 bits per heavy atom. The van der Waals surface area contributed by atoms with E-state index in [0.717, 1.165) is 12.7 Å². The molecule has 0 amide bonds. The number of ether oxygens (including phenoxy) is 1. The third-order valence-corrected chi connectivity index (χ3v) is 3.20. The molecule has 1 saturated carbocycles. The minimum absolute atomic E-state index is 0.115. The van der Waals surface area contributed by atoms with Crippen molar-refractivity contribution in [3.8, 4) is 0 Å². The maximum absolute atomic E-state index is 10.6. The van der Waals surface area contributed by atoms with Gasteiger partial charge in [-0.1, -0.05) is 19.3 Å². The van der Waals surface area contributed by atoms with Gasteiger partial charge in [-0.25, -0.2) is 0 Å². The molecule has 2 heteroatoms. The summed E-state index contributed by atoms with van der Waals surface area (Å²) in [5, 5.41) is 0. The van der Waals surface area contributed by atoms with Crippen molar-refractivity contribution in [2.24, 2.45) is 5.92 Å². The molecule has 1 spiro atoms. The van der Waals surface area contributed by atoms with E-state index in [4.69, 9.17) is 4.74 Å².